The molecule has 0 aliphatic rings. The zero-order valence-electron chi connectivity index (χ0n) is 9.79. The first-order valence-corrected chi connectivity index (χ1v) is 6.63. The Balaban J connectivity index is 2.25. The van der Waals surface area contributed by atoms with Crippen LogP contribution in [0.5, 0.6) is 0 Å². The molecule has 0 bridgehead atoms. The third-order valence-electron chi connectivity index (χ3n) is 2.14. The fraction of sp³-hybridized carbons (Fsp3) is 0.250. The molecular formula is C12H10N5S. The highest BCUT2D eigenvalue weighted by Gasteiger charge is 2.05. The molecule has 0 saturated carbocycles. The van der Waals surface area contributed by atoms with Crippen molar-refractivity contribution >= 4 is 11.8 Å². The zero-order chi connectivity index (χ0) is 12.8. The van der Waals surface area contributed by atoms with Gasteiger partial charge in [0.25, 0.3) is 0 Å². The van der Waals surface area contributed by atoms with Crippen molar-refractivity contribution in [3.05, 3.63) is 36.2 Å². The number of hydrogen-bond donors (Lipinski definition) is 0. The predicted molar refractivity (Wildman–Crippen MR) is 68.4 cm³/mol. The van der Waals surface area contributed by atoms with Crippen LogP contribution in [0, 0.1) is 17.5 Å². The van der Waals surface area contributed by atoms with Crippen LogP contribution < -0.4 is 0 Å². The smallest absolute Gasteiger partial charge is 0.119 e. The molecule has 0 unspecified atom stereocenters. The van der Waals surface area contributed by atoms with Crippen molar-refractivity contribution in [3.63, 3.8) is 0 Å². The van der Waals surface area contributed by atoms with Crippen molar-refractivity contribution in [2.45, 2.75) is 12.2 Å². The molecule has 5 nitrogen and oxygen atoms in total. The van der Waals surface area contributed by atoms with Gasteiger partial charge in [-0.1, -0.05) is 0 Å². The summed E-state index contributed by atoms with van der Waals surface area (Å²) in [7, 11) is 0. The van der Waals surface area contributed by atoms with E-state index in [1.54, 1.807) is 24.2 Å². The zero-order valence-corrected chi connectivity index (χ0v) is 10.6. The molecule has 89 valence electrons. The molecule has 0 fully saturated rings. The first-order valence-electron chi connectivity index (χ1n) is 5.24. The van der Waals surface area contributed by atoms with E-state index in [2.05, 4.69) is 26.1 Å². The largest absolute Gasteiger partial charge is 0.256 e. The number of hydrogen-bond acceptors (Lipinski definition) is 6. The summed E-state index contributed by atoms with van der Waals surface area (Å²) >= 11 is 1.69. The first kappa shape index (κ1) is 12.5. The minimum Gasteiger partial charge on any atom is -0.256 e. The van der Waals surface area contributed by atoms with E-state index in [0.717, 1.165) is 11.4 Å². The number of nitrogens with zero attached hydrogens (tertiary/aromatic N) is 5. The van der Waals surface area contributed by atoms with Crippen LogP contribution in [-0.4, -0.2) is 26.2 Å². The molecule has 2 aromatic rings. The van der Waals surface area contributed by atoms with Crippen LogP contribution >= 0.6 is 11.8 Å². The van der Waals surface area contributed by atoms with Crippen LogP contribution in [0.15, 0.2) is 18.6 Å². The molecule has 2 rings (SSSR count). The van der Waals surface area contributed by atoms with Gasteiger partial charge in [0.05, 0.1) is 42.5 Å². The van der Waals surface area contributed by atoms with Crippen molar-refractivity contribution in [3.8, 4) is 17.5 Å². The Morgan fingerprint density at radius 2 is 2.17 bits per heavy atom. The molecule has 0 N–H and O–H groups in total. The summed E-state index contributed by atoms with van der Waals surface area (Å²) in [6.07, 6.45) is 9.91. The van der Waals surface area contributed by atoms with E-state index >= 15 is 0 Å². The fourth-order valence-corrected chi connectivity index (χ4v) is 1.79. The van der Waals surface area contributed by atoms with Crippen LogP contribution in [0.1, 0.15) is 11.4 Å². The summed E-state index contributed by atoms with van der Waals surface area (Å²) in [6, 6.07) is 2.03. The molecule has 0 aromatic carbocycles. The maximum Gasteiger partial charge on any atom is 0.119 e. The minimum atomic E-state index is 0.229. The second kappa shape index (κ2) is 6.07. The lowest BCUT2D eigenvalue weighted by Crippen LogP contribution is -1.97. The third-order valence-corrected chi connectivity index (χ3v) is 2.72. The quantitative estimate of drug-likeness (QED) is 0.828. The molecule has 0 saturated heterocycles. The molecule has 18 heavy (non-hydrogen) atoms. The van der Waals surface area contributed by atoms with E-state index in [9.17, 15) is 0 Å². The maximum absolute atomic E-state index is 8.62. The number of thioether (sulfide) groups is 1. The van der Waals surface area contributed by atoms with Crippen LogP contribution in [0.3, 0.4) is 0 Å². The van der Waals surface area contributed by atoms with Gasteiger partial charge in [0.15, 0.2) is 0 Å². The van der Waals surface area contributed by atoms with Gasteiger partial charge in [-0.2, -0.15) is 17.0 Å². The van der Waals surface area contributed by atoms with E-state index in [1.165, 1.54) is 6.20 Å². The Labute approximate surface area is 109 Å². The van der Waals surface area contributed by atoms with Crippen LogP contribution in [0.2, 0.25) is 0 Å². The van der Waals surface area contributed by atoms with Gasteiger partial charge in [0.1, 0.15) is 17.6 Å². The molecule has 6 heteroatoms. The topological polar surface area (TPSA) is 75.3 Å². The molecule has 1 radical (unpaired) electrons. The van der Waals surface area contributed by atoms with Crippen molar-refractivity contribution in [2.75, 3.05) is 6.26 Å². The average molecular weight is 256 g/mol. The lowest BCUT2D eigenvalue weighted by molar-refractivity contribution is 1.03. The predicted octanol–water partition coefficient (Wildman–Crippen LogP) is 1.66. The summed E-state index contributed by atoms with van der Waals surface area (Å²) < 4.78 is 0. The summed E-state index contributed by atoms with van der Waals surface area (Å²) in [4.78, 5) is 16.7. The molecule has 0 spiro atoms. The number of nitriles is 1. The Bertz CT molecular complexity index is 561. The number of aromatic nitrogens is 4. The minimum absolute atomic E-state index is 0.229. The molecule has 2 aromatic heterocycles. The summed E-state index contributed by atoms with van der Waals surface area (Å²) in [6.45, 7) is 0. The summed E-state index contributed by atoms with van der Waals surface area (Å²) in [5.41, 5.74) is 2.67. The van der Waals surface area contributed by atoms with E-state index in [0.29, 0.717) is 17.1 Å². The van der Waals surface area contributed by atoms with Gasteiger partial charge in [-0.3, -0.25) is 15.0 Å². The average Bonchev–Trinajstić information content (AvgIpc) is 2.41. The van der Waals surface area contributed by atoms with E-state index < -0.39 is 0 Å². The van der Waals surface area contributed by atoms with Gasteiger partial charge in [-0.15, -0.1) is 0 Å². The Morgan fingerprint density at radius 3 is 2.83 bits per heavy atom. The van der Waals surface area contributed by atoms with Gasteiger partial charge in [0, 0.05) is 5.75 Å². The van der Waals surface area contributed by atoms with Gasteiger partial charge >= 0.3 is 0 Å². The highest BCUT2D eigenvalue weighted by molar-refractivity contribution is 7.97. The van der Waals surface area contributed by atoms with Gasteiger partial charge in [-0.25, -0.2) is 4.98 Å². The van der Waals surface area contributed by atoms with Crippen molar-refractivity contribution in [1.82, 2.24) is 19.9 Å². The van der Waals surface area contributed by atoms with Crippen LogP contribution in [0.4, 0.5) is 0 Å². The van der Waals surface area contributed by atoms with Crippen molar-refractivity contribution in [2.24, 2.45) is 0 Å². The molecule has 0 amide bonds. The second-order valence-electron chi connectivity index (χ2n) is 3.48. The van der Waals surface area contributed by atoms with E-state index in [-0.39, 0.29) is 6.42 Å². The third kappa shape index (κ3) is 3.02. The standard InChI is InChI=1S/C12H10N5S/c1-18-8-10-5-16-11(7-15-10)12-6-14-4-9(17-12)2-3-13/h4-5,7H,2,8H2,1H3. The van der Waals surface area contributed by atoms with Gasteiger partial charge < -0.3 is 0 Å². The van der Waals surface area contributed by atoms with Crippen LogP contribution in [0.25, 0.3) is 11.4 Å². The summed E-state index contributed by atoms with van der Waals surface area (Å²) in [5, 5.41) is 8.62. The van der Waals surface area contributed by atoms with Gasteiger partial charge in [-0.05, 0) is 6.26 Å². The highest BCUT2D eigenvalue weighted by Crippen LogP contribution is 2.13. The molecule has 2 heterocycles. The molecular weight excluding hydrogens is 246 g/mol. The van der Waals surface area contributed by atoms with E-state index in [4.69, 9.17) is 5.26 Å². The SMILES string of the molecule is CSCc1cnc(-c2[c]ncc(CC#N)n2)cn1. The molecule has 0 aliphatic heterocycles. The Kier molecular flexibility index (Phi) is 4.20. The maximum atomic E-state index is 8.62. The van der Waals surface area contributed by atoms with Crippen LogP contribution in [-0.2, 0) is 12.2 Å². The number of rotatable bonds is 4. The van der Waals surface area contributed by atoms with Gasteiger partial charge in [0.2, 0.25) is 0 Å². The fourth-order valence-electron chi connectivity index (χ4n) is 1.35. The Hall–Kier alpha value is -2.00. The highest BCUT2D eigenvalue weighted by atomic mass is 32.2. The molecule has 0 atom stereocenters. The lowest BCUT2D eigenvalue weighted by atomic mass is 10.3. The normalized spacial score (nSPS) is 10.0. The van der Waals surface area contributed by atoms with Crippen molar-refractivity contribution in [1.29, 1.82) is 5.26 Å². The van der Waals surface area contributed by atoms with E-state index in [1.807, 2.05) is 12.3 Å². The second-order valence-corrected chi connectivity index (χ2v) is 4.35. The first-order chi connectivity index (χ1) is 8.83. The monoisotopic (exact) mass is 256 g/mol. The Morgan fingerprint density at radius 1 is 1.28 bits per heavy atom. The molecule has 0 aliphatic carbocycles. The van der Waals surface area contributed by atoms with Crippen molar-refractivity contribution < 1.29 is 0 Å². The summed E-state index contributed by atoms with van der Waals surface area (Å²) in [5.74, 6) is 0.831. The lowest BCUT2D eigenvalue weighted by Gasteiger charge is -2.01.